The molecule has 1 saturated carbocycles. The fourth-order valence-corrected chi connectivity index (χ4v) is 2.23. The van der Waals surface area contributed by atoms with E-state index in [4.69, 9.17) is 4.74 Å². The second kappa shape index (κ2) is 7.02. The smallest absolute Gasteiger partial charge is 0.349 e. The number of nitrogens with one attached hydrogen (secondary N) is 1. The molecule has 1 aromatic heterocycles. The fraction of sp³-hybridized carbons (Fsp3) is 0.692. The van der Waals surface area contributed by atoms with Gasteiger partial charge >= 0.3 is 5.69 Å². The molecule has 7 heteroatoms. The molecule has 0 spiro atoms. The van der Waals surface area contributed by atoms with Gasteiger partial charge in [-0.05, 0) is 32.1 Å². The van der Waals surface area contributed by atoms with E-state index in [1.54, 1.807) is 0 Å². The van der Waals surface area contributed by atoms with Crippen LogP contribution in [0.5, 0.6) is 5.88 Å². The average molecular weight is 280 g/mol. The quantitative estimate of drug-likeness (QED) is 0.636. The number of hydrogen-bond donors (Lipinski definition) is 1. The number of ether oxygens (including phenoxy) is 1. The molecule has 1 aliphatic carbocycles. The van der Waals surface area contributed by atoms with E-state index in [1.807, 2.05) is 6.92 Å². The minimum Gasteiger partial charge on any atom is -0.469 e. The van der Waals surface area contributed by atoms with Gasteiger partial charge in [0.1, 0.15) is 12.3 Å². The Labute approximate surface area is 117 Å². The van der Waals surface area contributed by atoms with Gasteiger partial charge in [0.25, 0.3) is 5.88 Å². The van der Waals surface area contributed by atoms with Crippen molar-refractivity contribution in [2.45, 2.75) is 51.6 Å². The first-order chi connectivity index (χ1) is 9.70. The Morgan fingerprint density at radius 2 is 2.20 bits per heavy atom. The van der Waals surface area contributed by atoms with Crippen molar-refractivity contribution in [1.82, 2.24) is 9.97 Å². The Morgan fingerprint density at radius 1 is 1.45 bits per heavy atom. The van der Waals surface area contributed by atoms with Gasteiger partial charge in [-0.1, -0.05) is 13.3 Å². The summed E-state index contributed by atoms with van der Waals surface area (Å²) in [5.41, 5.74) is -0.169. The Kier molecular flexibility index (Phi) is 5.09. The van der Waals surface area contributed by atoms with Crippen LogP contribution in [0.2, 0.25) is 0 Å². The Hall–Kier alpha value is -1.92. The number of nitrogens with zero attached hydrogens (tertiary/aromatic N) is 3. The topological polar surface area (TPSA) is 90.2 Å². The van der Waals surface area contributed by atoms with E-state index in [2.05, 4.69) is 15.3 Å². The van der Waals surface area contributed by atoms with E-state index < -0.39 is 4.92 Å². The molecule has 1 heterocycles. The van der Waals surface area contributed by atoms with Gasteiger partial charge in [0, 0.05) is 6.54 Å². The molecule has 0 radical (unpaired) electrons. The molecule has 1 aliphatic rings. The lowest BCUT2D eigenvalue weighted by molar-refractivity contribution is -0.386. The summed E-state index contributed by atoms with van der Waals surface area (Å²) >= 11 is 0. The maximum Gasteiger partial charge on any atom is 0.349 e. The predicted molar refractivity (Wildman–Crippen MR) is 75.0 cm³/mol. The van der Waals surface area contributed by atoms with E-state index in [0.717, 1.165) is 38.6 Å². The summed E-state index contributed by atoms with van der Waals surface area (Å²) in [5, 5.41) is 14.0. The van der Waals surface area contributed by atoms with Crippen LogP contribution in [0.25, 0.3) is 0 Å². The number of hydrogen-bond acceptors (Lipinski definition) is 6. The standard InChI is InChI=1S/C13H20N4O3/c1-2-8-14-13-15-9-11(17(18)19)12(16-13)20-10-6-4-3-5-7-10/h9-10H,2-8H2,1H3,(H,14,15,16). The summed E-state index contributed by atoms with van der Waals surface area (Å²) in [7, 11) is 0. The van der Waals surface area contributed by atoms with Gasteiger partial charge in [0.2, 0.25) is 5.95 Å². The van der Waals surface area contributed by atoms with Crippen molar-refractivity contribution in [3.8, 4) is 5.88 Å². The first-order valence-corrected chi connectivity index (χ1v) is 7.12. The van der Waals surface area contributed by atoms with Crippen LogP contribution >= 0.6 is 0 Å². The van der Waals surface area contributed by atoms with Crippen LogP contribution in [0.15, 0.2) is 6.20 Å². The van der Waals surface area contributed by atoms with Crippen LogP contribution in [-0.4, -0.2) is 27.5 Å². The van der Waals surface area contributed by atoms with Crippen molar-refractivity contribution >= 4 is 11.6 Å². The zero-order valence-corrected chi connectivity index (χ0v) is 11.7. The highest BCUT2D eigenvalue weighted by Crippen LogP contribution is 2.29. The number of aromatic nitrogens is 2. The number of rotatable bonds is 6. The molecular weight excluding hydrogens is 260 g/mol. The zero-order valence-electron chi connectivity index (χ0n) is 11.7. The van der Waals surface area contributed by atoms with Gasteiger partial charge in [-0.25, -0.2) is 4.98 Å². The average Bonchev–Trinajstić information content (AvgIpc) is 2.46. The lowest BCUT2D eigenvalue weighted by Crippen LogP contribution is -2.21. The maximum absolute atomic E-state index is 11.0. The van der Waals surface area contributed by atoms with Gasteiger partial charge in [0.05, 0.1) is 4.92 Å². The van der Waals surface area contributed by atoms with Crippen LogP contribution in [0.4, 0.5) is 11.6 Å². The summed E-state index contributed by atoms with van der Waals surface area (Å²) in [5.74, 6) is 0.457. The summed E-state index contributed by atoms with van der Waals surface area (Å²) in [6.07, 6.45) is 7.43. The van der Waals surface area contributed by atoms with Gasteiger partial charge in [-0.15, -0.1) is 0 Å². The minimum absolute atomic E-state index is 0.0244. The lowest BCUT2D eigenvalue weighted by Gasteiger charge is -2.22. The molecule has 7 nitrogen and oxygen atoms in total. The van der Waals surface area contributed by atoms with Crippen LogP contribution in [0, 0.1) is 10.1 Å². The summed E-state index contributed by atoms with van der Waals surface area (Å²) in [6.45, 7) is 2.75. The van der Waals surface area contributed by atoms with Crippen molar-refractivity contribution in [2.24, 2.45) is 0 Å². The normalized spacial score (nSPS) is 15.8. The second-order valence-corrected chi connectivity index (χ2v) is 4.95. The molecular formula is C13H20N4O3. The van der Waals surface area contributed by atoms with Crippen molar-refractivity contribution in [1.29, 1.82) is 0 Å². The van der Waals surface area contributed by atoms with Gasteiger partial charge in [-0.3, -0.25) is 10.1 Å². The number of anilines is 1. The molecule has 1 fully saturated rings. The molecule has 0 aliphatic heterocycles. The molecule has 0 unspecified atom stereocenters. The lowest BCUT2D eigenvalue weighted by atomic mass is 9.98. The third kappa shape index (κ3) is 3.79. The summed E-state index contributed by atoms with van der Waals surface area (Å²) in [4.78, 5) is 18.6. The molecule has 110 valence electrons. The summed E-state index contributed by atoms with van der Waals surface area (Å²) < 4.78 is 5.74. The van der Waals surface area contributed by atoms with E-state index in [1.165, 1.54) is 12.6 Å². The Balaban J connectivity index is 2.14. The molecule has 0 aromatic carbocycles. The van der Waals surface area contributed by atoms with E-state index >= 15 is 0 Å². The third-order valence-corrected chi connectivity index (χ3v) is 3.30. The van der Waals surface area contributed by atoms with Crippen LogP contribution in [-0.2, 0) is 0 Å². The molecule has 1 aromatic rings. The van der Waals surface area contributed by atoms with Crippen LogP contribution in [0.3, 0.4) is 0 Å². The molecule has 20 heavy (non-hydrogen) atoms. The molecule has 0 bridgehead atoms. The Bertz CT molecular complexity index is 461. The van der Waals surface area contributed by atoms with Gasteiger partial charge in [-0.2, -0.15) is 4.98 Å². The van der Waals surface area contributed by atoms with Crippen LogP contribution < -0.4 is 10.1 Å². The molecule has 0 amide bonds. The highest BCUT2D eigenvalue weighted by molar-refractivity contribution is 5.43. The molecule has 1 N–H and O–H groups in total. The highest BCUT2D eigenvalue weighted by Gasteiger charge is 2.23. The SMILES string of the molecule is CCCNc1ncc([N+](=O)[O-])c(OC2CCCCC2)n1. The van der Waals surface area contributed by atoms with E-state index in [0.29, 0.717) is 5.95 Å². The second-order valence-electron chi connectivity index (χ2n) is 4.95. The fourth-order valence-electron chi connectivity index (χ4n) is 2.23. The first-order valence-electron chi connectivity index (χ1n) is 7.12. The van der Waals surface area contributed by atoms with E-state index in [-0.39, 0.29) is 17.7 Å². The predicted octanol–water partition coefficient (Wildman–Crippen LogP) is 2.92. The van der Waals surface area contributed by atoms with Gasteiger partial charge < -0.3 is 10.1 Å². The van der Waals surface area contributed by atoms with Crippen molar-refractivity contribution in [3.05, 3.63) is 16.3 Å². The van der Waals surface area contributed by atoms with Crippen molar-refractivity contribution in [3.63, 3.8) is 0 Å². The molecule has 0 atom stereocenters. The minimum atomic E-state index is -0.498. The third-order valence-electron chi connectivity index (χ3n) is 3.30. The largest absolute Gasteiger partial charge is 0.469 e. The zero-order chi connectivity index (χ0) is 14.4. The monoisotopic (exact) mass is 280 g/mol. The highest BCUT2D eigenvalue weighted by atomic mass is 16.6. The first kappa shape index (κ1) is 14.5. The van der Waals surface area contributed by atoms with Crippen LogP contribution in [0.1, 0.15) is 45.4 Å². The number of nitro groups is 1. The molecule has 2 rings (SSSR count). The maximum atomic E-state index is 11.0. The Morgan fingerprint density at radius 3 is 2.85 bits per heavy atom. The molecule has 0 saturated heterocycles. The van der Waals surface area contributed by atoms with Gasteiger partial charge in [0.15, 0.2) is 0 Å². The van der Waals surface area contributed by atoms with Crippen molar-refractivity contribution < 1.29 is 9.66 Å². The van der Waals surface area contributed by atoms with Crippen molar-refractivity contribution in [2.75, 3.05) is 11.9 Å². The summed E-state index contributed by atoms with van der Waals surface area (Å²) in [6, 6.07) is 0. The van der Waals surface area contributed by atoms with E-state index in [9.17, 15) is 10.1 Å².